The van der Waals surface area contributed by atoms with E-state index in [9.17, 15) is 13.2 Å². The van der Waals surface area contributed by atoms with Crippen molar-refractivity contribution in [1.82, 2.24) is 5.32 Å². The first-order chi connectivity index (χ1) is 8.88. The Morgan fingerprint density at radius 2 is 2.11 bits per heavy atom. The summed E-state index contributed by atoms with van der Waals surface area (Å²) < 4.78 is 22.3. The first-order valence-electron chi connectivity index (χ1n) is 6.22. The molecule has 1 heterocycles. The van der Waals surface area contributed by atoms with Crippen LogP contribution in [0.3, 0.4) is 0 Å². The second-order valence-corrected chi connectivity index (χ2v) is 8.60. The predicted octanol–water partition coefficient (Wildman–Crippen LogP) is 2.98. The molecular weight excluding hydrogens is 306 g/mol. The molecule has 0 spiro atoms. The van der Waals surface area contributed by atoms with Crippen molar-refractivity contribution in [2.75, 3.05) is 0 Å². The minimum atomic E-state index is -3.75. The van der Waals surface area contributed by atoms with Crippen molar-refractivity contribution in [2.24, 2.45) is 5.92 Å². The van der Waals surface area contributed by atoms with Crippen LogP contribution in [-0.4, -0.2) is 20.4 Å². The number of halogens is 1. The van der Waals surface area contributed by atoms with Gasteiger partial charge >= 0.3 is 0 Å². The molecule has 1 atom stereocenters. The van der Waals surface area contributed by atoms with Gasteiger partial charge in [-0.3, -0.25) is 4.79 Å². The van der Waals surface area contributed by atoms with E-state index in [1.54, 1.807) is 0 Å². The van der Waals surface area contributed by atoms with Gasteiger partial charge in [-0.05, 0) is 31.7 Å². The van der Waals surface area contributed by atoms with Crippen molar-refractivity contribution < 1.29 is 13.2 Å². The van der Waals surface area contributed by atoms with Gasteiger partial charge in [0.2, 0.25) is 0 Å². The van der Waals surface area contributed by atoms with E-state index in [2.05, 4.69) is 5.32 Å². The lowest BCUT2D eigenvalue weighted by Crippen LogP contribution is -2.37. The van der Waals surface area contributed by atoms with E-state index in [1.165, 1.54) is 24.3 Å². The van der Waals surface area contributed by atoms with Crippen molar-refractivity contribution in [3.63, 3.8) is 0 Å². The van der Waals surface area contributed by atoms with Gasteiger partial charge in [-0.2, -0.15) is 0 Å². The summed E-state index contributed by atoms with van der Waals surface area (Å²) in [6, 6.07) is 1.44. The largest absolute Gasteiger partial charge is 0.349 e. The molecule has 106 valence electrons. The number of carbonyl (C=O) groups excluding carboxylic acids is 1. The molecule has 1 aromatic rings. The van der Waals surface area contributed by atoms with E-state index in [0.717, 1.165) is 24.2 Å². The Morgan fingerprint density at radius 3 is 2.63 bits per heavy atom. The maximum Gasteiger partial charge on any atom is 0.270 e. The standard InChI is InChI=1S/C12H16ClNO3S2/c1-8(9-4-2-3-5-9)14-12(15)10-6-11(18-7-10)19(13,16)17/h6-9H,2-5H2,1H3,(H,14,15). The Kier molecular flexibility index (Phi) is 4.53. The zero-order valence-corrected chi connectivity index (χ0v) is 12.9. The Morgan fingerprint density at radius 1 is 1.47 bits per heavy atom. The fraction of sp³-hybridized carbons (Fsp3) is 0.583. The average molecular weight is 322 g/mol. The highest BCUT2D eigenvalue weighted by Crippen LogP contribution is 2.28. The Balaban J connectivity index is 2.01. The number of hydrogen-bond acceptors (Lipinski definition) is 4. The quantitative estimate of drug-likeness (QED) is 0.867. The van der Waals surface area contributed by atoms with Crippen LogP contribution in [0.5, 0.6) is 0 Å². The molecule has 0 radical (unpaired) electrons. The van der Waals surface area contributed by atoms with Crippen LogP contribution in [0.2, 0.25) is 0 Å². The third kappa shape index (κ3) is 3.70. The highest BCUT2D eigenvalue weighted by atomic mass is 35.7. The summed E-state index contributed by atoms with van der Waals surface area (Å²) in [5, 5.41) is 4.45. The van der Waals surface area contributed by atoms with Crippen molar-refractivity contribution in [3.05, 3.63) is 17.0 Å². The molecule has 1 amide bonds. The summed E-state index contributed by atoms with van der Waals surface area (Å²) in [6.45, 7) is 2.00. The molecule has 1 saturated carbocycles. The molecule has 0 saturated heterocycles. The maximum atomic E-state index is 12.0. The van der Waals surface area contributed by atoms with Gasteiger partial charge in [0.05, 0.1) is 5.56 Å². The van der Waals surface area contributed by atoms with Crippen LogP contribution in [0.4, 0.5) is 0 Å². The highest BCUT2D eigenvalue weighted by molar-refractivity contribution is 8.15. The molecule has 2 rings (SSSR count). The minimum absolute atomic E-state index is 0.00726. The first-order valence-corrected chi connectivity index (χ1v) is 9.41. The zero-order chi connectivity index (χ0) is 14.0. The van der Waals surface area contributed by atoms with Crippen LogP contribution >= 0.6 is 22.0 Å². The van der Waals surface area contributed by atoms with E-state index >= 15 is 0 Å². The molecule has 1 aliphatic rings. The molecular formula is C12H16ClNO3S2. The number of rotatable bonds is 4. The molecule has 7 heteroatoms. The van der Waals surface area contributed by atoms with E-state index in [4.69, 9.17) is 10.7 Å². The van der Waals surface area contributed by atoms with Crippen molar-refractivity contribution in [1.29, 1.82) is 0 Å². The van der Waals surface area contributed by atoms with E-state index in [-0.39, 0.29) is 16.2 Å². The van der Waals surface area contributed by atoms with Gasteiger partial charge in [-0.15, -0.1) is 11.3 Å². The molecule has 1 N–H and O–H groups in total. The van der Waals surface area contributed by atoms with Crippen molar-refractivity contribution in [3.8, 4) is 0 Å². The average Bonchev–Trinajstić information content (AvgIpc) is 3.00. The van der Waals surface area contributed by atoms with Gasteiger partial charge in [0, 0.05) is 22.1 Å². The molecule has 1 fully saturated rings. The molecule has 4 nitrogen and oxygen atoms in total. The third-order valence-electron chi connectivity index (χ3n) is 3.54. The van der Waals surface area contributed by atoms with Crippen molar-refractivity contribution >= 4 is 37.0 Å². The monoisotopic (exact) mass is 321 g/mol. The van der Waals surface area contributed by atoms with Crippen LogP contribution < -0.4 is 5.32 Å². The first kappa shape index (κ1) is 14.8. The summed E-state index contributed by atoms with van der Waals surface area (Å²) in [4.78, 5) is 12.0. The fourth-order valence-corrected chi connectivity index (χ4v) is 4.37. The second kappa shape index (κ2) is 5.81. The maximum absolute atomic E-state index is 12.0. The summed E-state index contributed by atoms with van der Waals surface area (Å²) in [5.74, 6) is 0.293. The zero-order valence-electron chi connectivity index (χ0n) is 10.6. The number of amides is 1. The van der Waals surface area contributed by atoms with Gasteiger partial charge in [-0.1, -0.05) is 12.8 Å². The van der Waals surface area contributed by atoms with Crippen LogP contribution in [-0.2, 0) is 9.05 Å². The number of thiophene rings is 1. The number of carbonyl (C=O) groups is 1. The van der Waals surface area contributed by atoms with Crippen LogP contribution in [0, 0.1) is 5.92 Å². The summed E-state index contributed by atoms with van der Waals surface area (Å²) in [5.41, 5.74) is 0.356. The van der Waals surface area contributed by atoms with Gasteiger partial charge in [0.15, 0.2) is 0 Å². The van der Waals surface area contributed by atoms with E-state index < -0.39 is 9.05 Å². The Hall–Kier alpha value is -0.590. The predicted molar refractivity (Wildman–Crippen MR) is 76.2 cm³/mol. The van der Waals surface area contributed by atoms with Gasteiger partial charge < -0.3 is 5.32 Å². The smallest absolute Gasteiger partial charge is 0.270 e. The lowest BCUT2D eigenvalue weighted by molar-refractivity contribution is 0.0927. The van der Waals surface area contributed by atoms with Crippen LogP contribution in [0.15, 0.2) is 15.7 Å². The SMILES string of the molecule is CC(NC(=O)c1csc(S(=O)(=O)Cl)c1)C1CCCC1. The summed E-state index contributed by atoms with van der Waals surface area (Å²) in [7, 11) is 1.49. The summed E-state index contributed by atoms with van der Waals surface area (Å²) in [6.07, 6.45) is 4.73. The van der Waals surface area contributed by atoms with Crippen LogP contribution in [0.1, 0.15) is 43.0 Å². The molecule has 0 aliphatic heterocycles. The minimum Gasteiger partial charge on any atom is -0.349 e. The number of hydrogen-bond donors (Lipinski definition) is 1. The van der Waals surface area contributed by atoms with Gasteiger partial charge in [0.1, 0.15) is 4.21 Å². The van der Waals surface area contributed by atoms with E-state index in [0.29, 0.717) is 11.5 Å². The highest BCUT2D eigenvalue weighted by Gasteiger charge is 2.24. The summed E-state index contributed by atoms with van der Waals surface area (Å²) >= 11 is 0.963. The molecule has 0 bridgehead atoms. The Bertz CT molecular complexity index is 561. The molecule has 1 aliphatic carbocycles. The Labute approximate surface area is 121 Å². The fourth-order valence-electron chi connectivity index (χ4n) is 2.43. The number of nitrogens with one attached hydrogen (secondary N) is 1. The van der Waals surface area contributed by atoms with Gasteiger partial charge in [0.25, 0.3) is 15.0 Å². The molecule has 19 heavy (non-hydrogen) atoms. The second-order valence-electron chi connectivity index (χ2n) is 4.90. The van der Waals surface area contributed by atoms with Crippen molar-refractivity contribution in [2.45, 2.75) is 42.9 Å². The molecule has 1 unspecified atom stereocenters. The third-order valence-corrected chi connectivity index (χ3v) is 6.58. The lowest BCUT2D eigenvalue weighted by Gasteiger charge is -2.19. The van der Waals surface area contributed by atoms with Gasteiger partial charge in [-0.25, -0.2) is 8.42 Å². The van der Waals surface area contributed by atoms with E-state index in [1.807, 2.05) is 6.92 Å². The topological polar surface area (TPSA) is 63.2 Å². The normalized spacial score (nSPS) is 18.4. The molecule has 1 aromatic heterocycles. The van der Waals surface area contributed by atoms with Crippen LogP contribution in [0.25, 0.3) is 0 Å². The molecule has 0 aromatic carbocycles. The lowest BCUT2D eigenvalue weighted by atomic mass is 9.99.